The van der Waals surface area contributed by atoms with Crippen molar-refractivity contribution in [1.82, 2.24) is 14.8 Å². The Morgan fingerprint density at radius 2 is 1.69 bits per heavy atom. The molecule has 0 bridgehead atoms. The fourth-order valence-corrected chi connectivity index (χ4v) is 7.40. The number of carbonyl (C=O) groups is 2. The molecule has 3 fully saturated rings. The maximum Gasteiger partial charge on any atom is 0.306 e. The third-order valence-electron chi connectivity index (χ3n) is 10.2. The molecule has 240 valence electrons. The number of esters is 1. The Balaban J connectivity index is 1.16. The van der Waals surface area contributed by atoms with Gasteiger partial charge < -0.3 is 14.4 Å². The van der Waals surface area contributed by atoms with E-state index in [-0.39, 0.29) is 17.8 Å². The number of anilines is 1. The molecule has 45 heavy (non-hydrogen) atoms. The van der Waals surface area contributed by atoms with Gasteiger partial charge in [-0.1, -0.05) is 12.1 Å². The molecule has 8 heteroatoms. The first-order valence-corrected chi connectivity index (χ1v) is 17.0. The van der Waals surface area contributed by atoms with Gasteiger partial charge in [-0.3, -0.25) is 19.3 Å². The first-order valence-electron chi connectivity index (χ1n) is 17.0. The number of methoxy groups -OCH3 is 1. The molecular formula is C37H48N4O4. The summed E-state index contributed by atoms with van der Waals surface area (Å²) in [4.78, 5) is 33.4. The number of aryl methyl sites for hydroxylation is 1. The van der Waals surface area contributed by atoms with Crippen LogP contribution in [0.5, 0.6) is 5.75 Å². The van der Waals surface area contributed by atoms with E-state index in [0.29, 0.717) is 36.8 Å². The van der Waals surface area contributed by atoms with Crippen molar-refractivity contribution in [2.45, 2.75) is 96.4 Å². The lowest BCUT2D eigenvalue weighted by Crippen LogP contribution is -2.41. The molecule has 6 rings (SSSR count). The Morgan fingerprint density at radius 3 is 2.38 bits per heavy atom. The fourth-order valence-electron chi connectivity index (χ4n) is 7.40. The molecule has 3 aliphatic rings. The molecule has 3 saturated carbocycles. The number of nitrogens with zero attached hydrogens (tertiary/aromatic N) is 4. The minimum absolute atomic E-state index is 0.0208. The van der Waals surface area contributed by atoms with Crippen molar-refractivity contribution in [2.75, 3.05) is 25.2 Å². The Hall–Kier alpha value is -3.68. The van der Waals surface area contributed by atoms with Gasteiger partial charge in [-0.15, -0.1) is 0 Å². The molecule has 2 aromatic heterocycles. The Morgan fingerprint density at radius 1 is 0.933 bits per heavy atom. The zero-order chi connectivity index (χ0) is 31.3. The highest BCUT2D eigenvalue weighted by molar-refractivity contribution is 5.95. The molecule has 3 aliphatic carbocycles. The first-order chi connectivity index (χ1) is 21.9. The number of hydrogen-bond donors (Lipinski definition) is 0. The van der Waals surface area contributed by atoms with Crippen LogP contribution in [0.15, 0.2) is 48.8 Å². The van der Waals surface area contributed by atoms with E-state index in [1.807, 2.05) is 26.1 Å². The molecule has 1 amide bonds. The number of hydrogen-bond acceptors (Lipinski definition) is 6. The number of rotatable bonds is 11. The quantitative estimate of drug-likeness (QED) is 0.207. The molecule has 3 aromatic rings. The third kappa shape index (κ3) is 7.59. The highest BCUT2D eigenvalue weighted by Crippen LogP contribution is 2.39. The number of ether oxygens (including phenoxy) is 2. The van der Waals surface area contributed by atoms with E-state index < -0.39 is 0 Å². The van der Waals surface area contributed by atoms with Crippen LogP contribution in [0, 0.1) is 24.7 Å². The molecule has 2 heterocycles. The average molecular weight is 613 g/mol. The summed E-state index contributed by atoms with van der Waals surface area (Å²) in [6, 6.07) is 13.1. The Bertz CT molecular complexity index is 1460. The van der Waals surface area contributed by atoms with Crippen LogP contribution < -0.4 is 9.64 Å². The van der Waals surface area contributed by atoms with Crippen LogP contribution in [-0.4, -0.2) is 46.9 Å². The summed E-state index contributed by atoms with van der Waals surface area (Å²) in [5.41, 5.74) is 5.26. The van der Waals surface area contributed by atoms with Crippen molar-refractivity contribution >= 4 is 17.6 Å². The van der Waals surface area contributed by atoms with Crippen LogP contribution in [0.25, 0.3) is 11.1 Å². The molecule has 0 N–H and O–H groups in total. The van der Waals surface area contributed by atoms with Crippen molar-refractivity contribution in [3.63, 3.8) is 0 Å². The van der Waals surface area contributed by atoms with Gasteiger partial charge in [0.05, 0.1) is 31.6 Å². The SMILES string of the molecule is CCOC(=O)C[C@H]1CC[C@H](C(=O)N(C[C@H]2CC[C@H](c3ccc(OC)c(C)n3)CC2)c2cccc(-c3cnn(C4CC4)c3)c2)CC1. The van der Waals surface area contributed by atoms with E-state index >= 15 is 0 Å². The van der Waals surface area contributed by atoms with Gasteiger partial charge in [-0.05, 0) is 120 Å². The number of carbonyl (C=O) groups excluding carboxylic acids is 2. The number of aromatic nitrogens is 3. The lowest BCUT2D eigenvalue weighted by atomic mass is 9.78. The van der Waals surface area contributed by atoms with Gasteiger partial charge in [0.25, 0.3) is 0 Å². The summed E-state index contributed by atoms with van der Waals surface area (Å²) in [6.07, 6.45) is 14.7. The molecule has 0 radical (unpaired) electrons. The Labute approximate surface area is 267 Å². The summed E-state index contributed by atoms with van der Waals surface area (Å²) in [6.45, 7) is 5.00. The summed E-state index contributed by atoms with van der Waals surface area (Å²) in [5, 5.41) is 4.61. The van der Waals surface area contributed by atoms with Crippen molar-refractivity contribution in [1.29, 1.82) is 0 Å². The largest absolute Gasteiger partial charge is 0.495 e. The van der Waals surface area contributed by atoms with Crippen LogP contribution in [0.3, 0.4) is 0 Å². The topological polar surface area (TPSA) is 86.6 Å². The maximum atomic E-state index is 14.3. The van der Waals surface area contributed by atoms with Crippen LogP contribution >= 0.6 is 0 Å². The van der Waals surface area contributed by atoms with Gasteiger partial charge in [0.2, 0.25) is 5.91 Å². The molecule has 0 unspecified atom stereocenters. The average Bonchev–Trinajstić information content (AvgIpc) is 3.80. The van der Waals surface area contributed by atoms with Crippen LogP contribution in [-0.2, 0) is 14.3 Å². The number of pyridine rings is 1. The van der Waals surface area contributed by atoms with Gasteiger partial charge in [0, 0.05) is 47.9 Å². The fraction of sp³-hybridized carbons (Fsp3) is 0.568. The summed E-state index contributed by atoms with van der Waals surface area (Å²) < 4.78 is 12.7. The van der Waals surface area contributed by atoms with E-state index in [9.17, 15) is 9.59 Å². The monoisotopic (exact) mass is 612 g/mol. The van der Waals surface area contributed by atoms with Gasteiger partial charge in [-0.2, -0.15) is 5.10 Å². The van der Waals surface area contributed by atoms with E-state index in [0.717, 1.165) is 91.9 Å². The summed E-state index contributed by atoms with van der Waals surface area (Å²) in [7, 11) is 1.69. The lowest BCUT2D eigenvalue weighted by molar-refractivity contribution is -0.144. The standard InChI is InChI=1S/C37H48N4O4/c1-4-45-36(42)20-26-8-14-29(15-9-26)37(43)40(33-7-5-6-30(21-33)31-22-38-41(24-31)32-16-17-32)23-27-10-12-28(13-11-27)34-18-19-35(44-3)25(2)39-34/h5-7,18-19,21-22,24,26-29,32H,4,8-17,20,23H2,1-3H3/t26-,27-,28-,29-. The number of amides is 1. The molecule has 8 nitrogen and oxygen atoms in total. The molecular weight excluding hydrogens is 564 g/mol. The van der Waals surface area contributed by atoms with Crippen molar-refractivity contribution in [3.05, 3.63) is 60.2 Å². The second kappa shape index (κ2) is 14.2. The van der Waals surface area contributed by atoms with Crippen LogP contribution in [0.4, 0.5) is 5.69 Å². The molecule has 0 atom stereocenters. The van der Waals surface area contributed by atoms with E-state index in [1.54, 1.807) is 7.11 Å². The first kappa shape index (κ1) is 31.3. The van der Waals surface area contributed by atoms with Gasteiger partial charge in [-0.25, -0.2) is 0 Å². The number of benzene rings is 1. The van der Waals surface area contributed by atoms with Gasteiger partial charge in [0.1, 0.15) is 5.75 Å². The highest BCUT2D eigenvalue weighted by atomic mass is 16.5. The third-order valence-corrected chi connectivity index (χ3v) is 10.2. The predicted molar refractivity (Wildman–Crippen MR) is 175 cm³/mol. The molecule has 0 spiro atoms. The Kier molecular flexibility index (Phi) is 9.86. The highest BCUT2D eigenvalue weighted by Gasteiger charge is 2.34. The van der Waals surface area contributed by atoms with Gasteiger partial charge >= 0.3 is 5.97 Å². The van der Waals surface area contributed by atoms with E-state index in [2.05, 4.69) is 51.2 Å². The maximum absolute atomic E-state index is 14.3. The zero-order valence-electron chi connectivity index (χ0n) is 27.1. The summed E-state index contributed by atoms with van der Waals surface area (Å²) in [5.74, 6) is 2.10. The van der Waals surface area contributed by atoms with E-state index in [1.165, 1.54) is 12.8 Å². The smallest absolute Gasteiger partial charge is 0.306 e. The predicted octanol–water partition coefficient (Wildman–Crippen LogP) is 7.66. The summed E-state index contributed by atoms with van der Waals surface area (Å²) >= 11 is 0. The minimum atomic E-state index is -0.119. The lowest BCUT2D eigenvalue weighted by Gasteiger charge is -2.36. The minimum Gasteiger partial charge on any atom is -0.495 e. The second-order valence-electron chi connectivity index (χ2n) is 13.4. The second-order valence-corrected chi connectivity index (χ2v) is 13.4. The van der Waals surface area contributed by atoms with Crippen molar-refractivity contribution < 1.29 is 19.1 Å². The van der Waals surface area contributed by atoms with E-state index in [4.69, 9.17) is 14.5 Å². The molecule has 0 aliphatic heterocycles. The normalized spacial score (nSPS) is 23.4. The zero-order valence-corrected chi connectivity index (χ0v) is 27.1. The van der Waals surface area contributed by atoms with Crippen LogP contribution in [0.1, 0.15) is 101 Å². The van der Waals surface area contributed by atoms with Crippen molar-refractivity contribution in [2.24, 2.45) is 17.8 Å². The van der Waals surface area contributed by atoms with Crippen molar-refractivity contribution in [3.8, 4) is 16.9 Å². The molecule has 1 aromatic carbocycles. The van der Waals surface area contributed by atoms with Gasteiger partial charge in [0.15, 0.2) is 0 Å². The van der Waals surface area contributed by atoms with Crippen LogP contribution in [0.2, 0.25) is 0 Å². The molecule has 0 saturated heterocycles.